The van der Waals surface area contributed by atoms with E-state index in [1.54, 1.807) is 0 Å². The minimum Gasteiger partial charge on any atom is -0.306 e. The van der Waals surface area contributed by atoms with E-state index in [0.29, 0.717) is 0 Å². The first-order valence-electron chi connectivity index (χ1n) is 7.20. The maximum absolute atomic E-state index is 6.21. The van der Waals surface area contributed by atoms with Gasteiger partial charge in [-0.3, -0.25) is 0 Å². The Kier molecular flexibility index (Phi) is 5.69. The fourth-order valence-electron chi connectivity index (χ4n) is 2.62. The summed E-state index contributed by atoms with van der Waals surface area (Å²) >= 11 is 8.60. The van der Waals surface area contributed by atoms with Gasteiger partial charge in [0.25, 0.3) is 0 Å². The van der Waals surface area contributed by atoms with Gasteiger partial charge in [-0.1, -0.05) is 30.7 Å². The highest BCUT2D eigenvalue weighted by molar-refractivity contribution is 14.1. The second-order valence-electron chi connectivity index (χ2n) is 5.45. The summed E-state index contributed by atoms with van der Waals surface area (Å²) in [5.41, 5.74) is 6.57. The first-order chi connectivity index (χ1) is 9.93. The average Bonchev–Trinajstić information content (AvgIpc) is 2.43. The van der Waals surface area contributed by atoms with E-state index in [1.807, 2.05) is 6.07 Å². The van der Waals surface area contributed by atoms with Crippen LogP contribution in [0.5, 0.6) is 0 Å². The smallest absolute Gasteiger partial charge is 0.0590 e. The number of hydrogen-bond donors (Lipinski definition) is 1. The molecule has 1 unspecified atom stereocenters. The molecule has 0 aromatic heterocycles. The van der Waals surface area contributed by atoms with Gasteiger partial charge in [-0.15, -0.1) is 0 Å². The standard InChI is InChI=1S/C18H21ClIN/c1-5-21-18(16-10-14(19)6-7-17(16)20)15-9-12(3)11(2)8-13(15)4/h6-10,18,21H,5H2,1-4H3. The summed E-state index contributed by atoms with van der Waals surface area (Å²) in [6.07, 6.45) is 0. The molecule has 0 aliphatic carbocycles. The number of aryl methyl sites for hydroxylation is 3. The quantitative estimate of drug-likeness (QED) is 0.646. The molecule has 1 nitrogen and oxygen atoms in total. The summed E-state index contributed by atoms with van der Waals surface area (Å²) in [4.78, 5) is 0. The van der Waals surface area contributed by atoms with Crippen molar-refractivity contribution in [2.75, 3.05) is 6.54 Å². The first-order valence-corrected chi connectivity index (χ1v) is 8.65. The summed E-state index contributed by atoms with van der Waals surface area (Å²) in [6.45, 7) is 9.58. The van der Waals surface area contributed by atoms with Crippen LogP contribution in [0.4, 0.5) is 0 Å². The highest BCUT2D eigenvalue weighted by Gasteiger charge is 2.18. The van der Waals surface area contributed by atoms with E-state index in [4.69, 9.17) is 11.6 Å². The molecule has 0 fully saturated rings. The Hall–Kier alpha value is -0.580. The molecule has 0 spiro atoms. The van der Waals surface area contributed by atoms with E-state index >= 15 is 0 Å². The zero-order chi connectivity index (χ0) is 15.6. The van der Waals surface area contributed by atoms with Gasteiger partial charge in [0.15, 0.2) is 0 Å². The van der Waals surface area contributed by atoms with Gasteiger partial charge in [0.1, 0.15) is 0 Å². The van der Waals surface area contributed by atoms with Crippen molar-refractivity contribution in [3.05, 3.63) is 66.7 Å². The molecule has 0 saturated carbocycles. The van der Waals surface area contributed by atoms with Crippen molar-refractivity contribution in [1.29, 1.82) is 0 Å². The van der Waals surface area contributed by atoms with Gasteiger partial charge in [-0.25, -0.2) is 0 Å². The molecule has 112 valence electrons. The minimum absolute atomic E-state index is 0.180. The molecule has 0 saturated heterocycles. The van der Waals surface area contributed by atoms with Crippen LogP contribution in [0, 0.1) is 24.3 Å². The molecule has 0 aliphatic rings. The Morgan fingerprint density at radius 3 is 2.33 bits per heavy atom. The van der Waals surface area contributed by atoms with Gasteiger partial charge in [0.05, 0.1) is 6.04 Å². The molecule has 1 N–H and O–H groups in total. The third-order valence-electron chi connectivity index (χ3n) is 3.87. The van der Waals surface area contributed by atoms with Crippen LogP contribution in [0.3, 0.4) is 0 Å². The van der Waals surface area contributed by atoms with Crippen LogP contribution in [-0.2, 0) is 0 Å². The summed E-state index contributed by atoms with van der Waals surface area (Å²) in [5.74, 6) is 0. The zero-order valence-electron chi connectivity index (χ0n) is 12.9. The van der Waals surface area contributed by atoms with Crippen LogP contribution >= 0.6 is 34.2 Å². The third-order valence-corrected chi connectivity index (χ3v) is 5.09. The number of nitrogens with one attached hydrogen (secondary N) is 1. The van der Waals surface area contributed by atoms with E-state index in [1.165, 1.54) is 31.4 Å². The SMILES string of the molecule is CCNC(c1cc(C)c(C)cc1C)c1cc(Cl)ccc1I. The van der Waals surface area contributed by atoms with Crippen LogP contribution < -0.4 is 5.32 Å². The molecule has 2 rings (SSSR count). The summed E-state index contributed by atoms with van der Waals surface area (Å²) in [5, 5.41) is 4.39. The van der Waals surface area contributed by atoms with Gasteiger partial charge in [-0.2, -0.15) is 0 Å². The Morgan fingerprint density at radius 1 is 1.00 bits per heavy atom. The van der Waals surface area contributed by atoms with Gasteiger partial charge in [0.2, 0.25) is 0 Å². The Labute approximate surface area is 146 Å². The van der Waals surface area contributed by atoms with Gasteiger partial charge in [0, 0.05) is 8.59 Å². The predicted octanol–water partition coefficient (Wildman–Crippen LogP) is 5.57. The Morgan fingerprint density at radius 2 is 1.67 bits per heavy atom. The summed E-state index contributed by atoms with van der Waals surface area (Å²) < 4.78 is 1.24. The van der Waals surface area contributed by atoms with Crippen molar-refractivity contribution in [3.63, 3.8) is 0 Å². The van der Waals surface area contributed by atoms with Crippen molar-refractivity contribution < 1.29 is 0 Å². The Balaban J connectivity index is 2.58. The van der Waals surface area contributed by atoms with Gasteiger partial charge < -0.3 is 5.32 Å². The molecule has 0 bridgehead atoms. The third kappa shape index (κ3) is 3.79. The highest BCUT2D eigenvalue weighted by atomic mass is 127. The van der Waals surface area contributed by atoms with Gasteiger partial charge in [-0.05, 0) is 95.9 Å². The lowest BCUT2D eigenvalue weighted by atomic mass is 9.91. The lowest BCUT2D eigenvalue weighted by Gasteiger charge is -2.23. The van der Waals surface area contributed by atoms with Crippen LogP contribution in [-0.4, -0.2) is 6.54 Å². The maximum atomic E-state index is 6.21. The van der Waals surface area contributed by atoms with Crippen molar-refractivity contribution in [1.82, 2.24) is 5.32 Å². The monoisotopic (exact) mass is 413 g/mol. The first kappa shape index (κ1) is 16.8. The lowest BCUT2D eigenvalue weighted by molar-refractivity contribution is 0.625. The van der Waals surface area contributed by atoms with Crippen LogP contribution in [0.2, 0.25) is 5.02 Å². The van der Waals surface area contributed by atoms with Gasteiger partial charge >= 0.3 is 0 Å². The number of halogens is 2. The molecular weight excluding hydrogens is 393 g/mol. The Bertz CT molecular complexity index is 652. The van der Waals surface area contributed by atoms with Crippen molar-refractivity contribution in [2.45, 2.75) is 33.7 Å². The molecule has 1 atom stereocenters. The molecule has 0 aliphatic heterocycles. The normalized spacial score (nSPS) is 12.5. The molecule has 0 radical (unpaired) electrons. The molecule has 0 heterocycles. The summed E-state index contributed by atoms with van der Waals surface area (Å²) in [6, 6.07) is 10.9. The van der Waals surface area contributed by atoms with E-state index in [-0.39, 0.29) is 6.04 Å². The topological polar surface area (TPSA) is 12.0 Å². The second kappa shape index (κ2) is 7.12. The lowest BCUT2D eigenvalue weighted by Crippen LogP contribution is -2.24. The molecule has 2 aromatic rings. The largest absolute Gasteiger partial charge is 0.306 e. The number of rotatable bonds is 4. The molecular formula is C18H21ClIN. The van der Waals surface area contributed by atoms with Crippen molar-refractivity contribution in [3.8, 4) is 0 Å². The second-order valence-corrected chi connectivity index (χ2v) is 7.05. The van der Waals surface area contributed by atoms with Crippen LogP contribution in [0.25, 0.3) is 0 Å². The predicted molar refractivity (Wildman–Crippen MR) is 100 cm³/mol. The summed E-state index contributed by atoms with van der Waals surface area (Å²) in [7, 11) is 0. The van der Waals surface area contributed by atoms with E-state index in [2.05, 4.69) is 79.9 Å². The van der Waals surface area contributed by atoms with E-state index < -0.39 is 0 Å². The molecule has 3 heteroatoms. The van der Waals surface area contributed by atoms with E-state index in [0.717, 1.165) is 11.6 Å². The van der Waals surface area contributed by atoms with E-state index in [9.17, 15) is 0 Å². The number of benzene rings is 2. The van der Waals surface area contributed by atoms with Crippen molar-refractivity contribution >= 4 is 34.2 Å². The highest BCUT2D eigenvalue weighted by Crippen LogP contribution is 2.31. The fraction of sp³-hybridized carbons (Fsp3) is 0.333. The molecule has 2 aromatic carbocycles. The zero-order valence-corrected chi connectivity index (χ0v) is 15.8. The average molecular weight is 414 g/mol. The molecule has 21 heavy (non-hydrogen) atoms. The maximum Gasteiger partial charge on any atom is 0.0590 e. The van der Waals surface area contributed by atoms with Crippen LogP contribution in [0.1, 0.15) is 40.8 Å². The minimum atomic E-state index is 0.180. The van der Waals surface area contributed by atoms with Crippen LogP contribution in [0.15, 0.2) is 30.3 Å². The molecule has 0 amide bonds. The number of hydrogen-bond acceptors (Lipinski definition) is 1. The fourth-order valence-corrected chi connectivity index (χ4v) is 3.45. The van der Waals surface area contributed by atoms with Crippen molar-refractivity contribution in [2.24, 2.45) is 0 Å².